The summed E-state index contributed by atoms with van der Waals surface area (Å²) in [5.74, 6) is -2.56. The number of nitrogens with zero attached hydrogens (tertiary/aromatic N) is 1. The average Bonchev–Trinajstić information content (AvgIpc) is 3.24. The number of rotatable bonds is 5. The Morgan fingerprint density at radius 3 is 2.65 bits per heavy atom. The van der Waals surface area contributed by atoms with Crippen molar-refractivity contribution in [2.24, 2.45) is 11.8 Å². The highest BCUT2D eigenvalue weighted by Crippen LogP contribution is 2.56. The molecule has 1 spiro atoms. The van der Waals surface area contributed by atoms with Crippen molar-refractivity contribution in [1.29, 1.82) is 0 Å². The molecule has 0 aliphatic carbocycles. The van der Waals surface area contributed by atoms with Crippen molar-refractivity contribution < 1.29 is 24.2 Å². The summed E-state index contributed by atoms with van der Waals surface area (Å²) in [6.07, 6.45) is 3.51. The molecule has 4 rings (SSSR count). The van der Waals surface area contributed by atoms with Crippen LogP contribution in [0.25, 0.3) is 0 Å². The zero-order valence-electron chi connectivity index (χ0n) is 14.7. The summed E-state index contributed by atoms with van der Waals surface area (Å²) in [4.78, 5) is 26.6. The maximum atomic E-state index is 13.3. The molecule has 6 heteroatoms. The predicted octanol–water partition coefficient (Wildman–Crippen LogP) is 1.07. The minimum absolute atomic E-state index is 0.248. The number of amides is 1. The lowest BCUT2D eigenvalue weighted by molar-refractivity contribution is -0.313. The van der Waals surface area contributed by atoms with Gasteiger partial charge >= 0.3 is 0 Å². The summed E-state index contributed by atoms with van der Waals surface area (Å²) in [5, 5.41) is 11.7. The summed E-state index contributed by atoms with van der Waals surface area (Å²) in [6.45, 7) is 5.87. The van der Waals surface area contributed by atoms with Gasteiger partial charge in [0.25, 0.3) is 0 Å². The van der Waals surface area contributed by atoms with Crippen LogP contribution in [0.2, 0.25) is 0 Å². The van der Waals surface area contributed by atoms with Crippen LogP contribution in [0.4, 0.5) is 5.69 Å². The molecule has 136 valence electrons. The summed E-state index contributed by atoms with van der Waals surface area (Å²) in [7, 11) is 1.57. The van der Waals surface area contributed by atoms with Crippen LogP contribution < -0.4 is 14.7 Å². The molecule has 3 aliphatic heterocycles. The van der Waals surface area contributed by atoms with Crippen LogP contribution >= 0.6 is 0 Å². The Bertz CT molecular complexity index is 814. The second-order valence-corrected chi connectivity index (χ2v) is 7.20. The minimum atomic E-state index is -1.25. The van der Waals surface area contributed by atoms with Crippen LogP contribution in [0.5, 0.6) is 5.75 Å². The van der Waals surface area contributed by atoms with Gasteiger partial charge in [-0.15, -0.1) is 6.58 Å². The third-order valence-electron chi connectivity index (χ3n) is 5.59. The molecule has 1 amide bonds. The lowest BCUT2D eigenvalue weighted by atomic mass is 9.74. The molecule has 1 aromatic carbocycles. The maximum Gasteiger partial charge on any atom is 0.234 e. The molecule has 2 fully saturated rings. The number of hydrogen-bond acceptors (Lipinski definition) is 5. The van der Waals surface area contributed by atoms with Crippen LogP contribution in [0, 0.1) is 11.8 Å². The fourth-order valence-corrected chi connectivity index (χ4v) is 4.55. The van der Waals surface area contributed by atoms with Gasteiger partial charge in [0.05, 0.1) is 25.2 Å². The predicted molar refractivity (Wildman–Crippen MR) is 92.4 cm³/mol. The molecular formula is C20H20NO5-. The summed E-state index contributed by atoms with van der Waals surface area (Å²) < 4.78 is 11.3. The number of carboxylic acid groups (broad SMARTS) is 1. The van der Waals surface area contributed by atoms with Crippen LogP contribution in [0.3, 0.4) is 0 Å². The standard InChI is InChI=1S/C20H21NO5/c1-11(2)10-15-20-9-8-14(26-20)16(19(23)24)17(20)18(22)21(15)12-4-6-13(25-3)7-5-12/h4-9,14-17H,1,10H2,2-3H3,(H,23,24)/p-1. The molecule has 0 N–H and O–H groups in total. The van der Waals surface area contributed by atoms with Gasteiger partial charge in [-0.2, -0.15) is 0 Å². The maximum absolute atomic E-state index is 13.3. The van der Waals surface area contributed by atoms with E-state index in [1.807, 2.05) is 13.0 Å². The lowest BCUT2D eigenvalue weighted by Gasteiger charge is -2.33. The summed E-state index contributed by atoms with van der Waals surface area (Å²) >= 11 is 0. The van der Waals surface area contributed by atoms with Gasteiger partial charge in [0, 0.05) is 17.6 Å². The molecule has 1 aromatic rings. The molecular weight excluding hydrogens is 334 g/mol. The van der Waals surface area contributed by atoms with Crippen molar-refractivity contribution in [3.05, 3.63) is 48.6 Å². The van der Waals surface area contributed by atoms with Gasteiger partial charge in [0.15, 0.2) is 0 Å². The first-order chi connectivity index (χ1) is 12.4. The Kier molecular flexibility index (Phi) is 3.70. The fraction of sp³-hybridized carbons (Fsp3) is 0.400. The van der Waals surface area contributed by atoms with E-state index in [2.05, 4.69) is 6.58 Å². The minimum Gasteiger partial charge on any atom is -0.550 e. The topological polar surface area (TPSA) is 78.9 Å². The number of fused-ring (bicyclic) bond motifs is 1. The van der Waals surface area contributed by atoms with E-state index < -0.39 is 29.5 Å². The van der Waals surface area contributed by atoms with E-state index in [1.54, 1.807) is 42.4 Å². The highest BCUT2D eigenvalue weighted by Gasteiger charge is 2.69. The number of carbonyl (C=O) groups excluding carboxylic acids is 2. The zero-order valence-corrected chi connectivity index (χ0v) is 14.7. The first kappa shape index (κ1) is 16.8. The Balaban J connectivity index is 1.81. The molecule has 3 aliphatic rings. The molecule has 3 heterocycles. The van der Waals surface area contributed by atoms with Gasteiger partial charge in [-0.05, 0) is 37.6 Å². The quantitative estimate of drug-likeness (QED) is 0.739. The number of methoxy groups -OCH3 is 1. The van der Waals surface area contributed by atoms with Gasteiger partial charge < -0.3 is 24.3 Å². The molecule has 26 heavy (non-hydrogen) atoms. The molecule has 5 unspecified atom stereocenters. The molecule has 0 aromatic heterocycles. The van der Waals surface area contributed by atoms with Crippen LogP contribution in [0.15, 0.2) is 48.6 Å². The van der Waals surface area contributed by atoms with Crippen LogP contribution in [0.1, 0.15) is 13.3 Å². The van der Waals surface area contributed by atoms with E-state index in [0.29, 0.717) is 17.9 Å². The van der Waals surface area contributed by atoms with E-state index in [1.165, 1.54) is 0 Å². The van der Waals surface area contributed by atoms with Crippen molar-refractivity contribution in [2.75, 3.05) is 12.0 Å². The average molecular weight is 354 g/mol. The highest BCUT2D eigenvalue weighted by molar-refractivity contribution is 6.03. The Morgan fingerprint density at radius 1 is 1.38 bits per heavy atom. The van der Waals surface area contributed by atoms with Gasteiger partial charge in [-0.1, -0.05) is 17.7 Å². The van der Waals surface area contributed by atoms with E-state index in [-0.39, 0.29) is 11.9 Å². The van der Waals surface area contributed by atoms with Gasteiger partial charge in [0.2, 0.25) is 5.91 Å². The number of hydrogen-bond donors (Lipinski definition) is 0. The number of anilines is 1. The monoisotopic (exact) mass is 354 g/mol. The first-order valence-electron chi connectivity index (χ1n) is 8.58. The Morgan fingerprint density at radius 2 is 2.08 bits per heavy atom. The number of aliphatic carboxylic acids is 1. The van der Waals surface area contributed by atoms with Gasteiger partial charge in [-0.25, -0.2) is 0 Å². The Labute approximate surface area is 151 Å². The molecule has 2 bridgehead atoms. The van der Waals surface area contributed by atoms with E-state index in [9.17, 15) is 14.7 Å². The Hall–Kier alpha value is -2.60. The molecule has 5 atom stereocenters. The molecule has 2 saturated heterocycles. The normalized spacial score (nSPS) is 34.2. The van der Waals surface area contributed by atoms with Crippen molar-refractivity contribution in [3.8, 4) is 5.75 Å². The first-order valence-corrected chi connectivity index (χ1v) is 8.58. The van der Waals surface area contributed by atoms with Crippen LogP contribution in [-0.2, 0) is 14.3 Å². The van der Waals surface area contributed by atoms with Crippen molar-refractivity contribution in [3.63, 3.8) is 0 Å². The van der Waals surface area contributed by atoms with Crippen molar-refractivity contribution in [1.82, 2.24) is 0 Å². The summed E-state index contributed by atoms with van der Waals surface area (Å²) in [5.41, 5.74) is 0.628. The highest BCUT2D eigenvalue weighted by atomic mass is 16.5. The molecule has 0 radical (unpaired) electrons. The van der Waals surface area contributed by atoms with Gasteiger partial charge in [-0.3, -0.25) is 4.79 Å². The third kappa shape index (κ3) is 2.15. The number of benzene rings is 1. The van der Waals surface area contributed by atoms with Crippen molar-refractivity contribution in [2.45, 2.75) is 31.1 Å². The van der Waals surface area contributed by atoms with E-state index in [0.717, 1.165) is 5.57 Å². The summed E-state index contributed by atoms with van der Waals surface area (Å²) in [6, 6.07) is 6.79. The smallest absolute Gasteiger partial charge is 0.234 e. The molecule has 6 nitrogen and oxygen atoms in total. The van der Waals surface area contributed by atoms with Gasteiger partial charge in [0.1, 0.15) is 11.4 Å². The zero-order chi connectivity index (χ0) is 18.6. The third-order valence-corrected chi connectivity index (χ3v) is 5.59. The SMILES string of the molecule is C=C(C)CC1N(c2ccc(OC)cc2)C(=O)C2C(C(=O)[O-])C3C=CC21O3. The number of carbonyl (C=O) groups is 2. The van der Waals surface area contributed by atoms with E-state index >= 15 is 0 Å². The lowest BCUT2D eigenvalue weighted by Crippen LogP contribution is -2.46. The second-order valence-electron chi connectivity index (χ2n) is 7.20. The molecule has 0 saturated carbocycles. The number of ether oxygens (including phenoxy) is 2. The fourth-order valence-electron chi connectivity index (χ4n) is 4.55. The van der Waals surface area contributed by atoms with E-state index in [4.69, 9.17) is 9.47 Å². The second kappa shape index (κ2) is 5.71. The largest absolute Gasteiger partial charge is 0.550 e. The van der Waals surface area contributed by atoms with Crippen LogP contribution in [-0.4, -0.2) is 36.7 Å². The van der Waals surface area contributed by atoms with Crippen molar-refractivity contribution >= 4 is 17.6 Å². The number of carboxylic acids is 1.